The Morgan fingerprint density at radius 2 is 2.00 bits per heavy atom. The minimum atomic E-state index is -0.843. The number of anilines is 1. The normalized spacial score (nSPS) is 13.2. The molecular weight excluding hydrogens is 218 g/mol. The summed E-state index contributed by atoms with van der Waals surface area (Å²) >= 11 is 0. The van der Waals surface area contributed by atoms with Crippen LogP contribution in [0.1, 0.15) is 32.3 Å². The van der Waals surface area contributed by atoms with Gasteiger partial charge in [-0.2, -0.15) is 0 Å². The number of hydrogen-bond donors (Lipinski definition) is 2. The van der Waals surface area contributed by atoms with Gasteiger partial charge in [0.25, 0.3) is 0 Å². The van der Waals surface area contributed by atoms with Gasteiger partial charge in [0.15, 0.2) is 0 Å². The fourth-order valence-electron chi connectivity index (χ4n) is 1.92. The van der Waals surface area contributed by atoms with Crippen LogP contribution in [0, 0.1) is 5.41 Å². The molecule has 94 valence electrons. The third-order valence-corrected chi connectivity index (χ3v) is 2.70. The molecule has 0 aliphatic heterocycles. The summed E-state index contributed by atoms with van der Waals surface area (Å²) in [6.07, 6.45) is 0. The van der Waals surface area contributed by atoms with Crippen LogP contribution in [-0.2, 0) is 4.79 Å². The van der Waals surface area contributed by atoms with E-state index in [1.165, 1.54) is 7.11 Å². The number of carbonyl (C=O) groups is 1. The number of methoxy groups -OCH3 is 1. The molecule has 4 heteroatoms. The van der Waals surface area contributed by atoms with Gasteiger partial charge in [-0.25, -0.2) is 0 Å². The van der Waals surface area contributed by atoms with Crippen LogP contribution in [0.2, 0.25) is 0 Å². The number of rotatable bonds is 3. The standard InChI is InChI=1S/C13H19NO3/c1-13(2,3)11(12(15)16)8-5-6-9(14)10(7-8)17-4/h5-7,11H,14H2,1-4H3,(H,15,16). The molecule has 4 nitrogen and oxygen atoms in total. The molecule has 0 saturated carbocycles. The molecule has 1 aromatic rings. The fourth-order valence-corrected chi connectivity index (χ4v) is 1.92. The van der Waals surface area contributed by atoms with Gasteiger partial charge in [-0.15, -0.1) is 0 Å². The molecule has 0 aliphatic carbocycles. The monoisotopic (exact) mass is 237 g/mol. The average molecular weight is 237 g/mol. The number of ether oxygens (including phenoxy) is 1. The molecule has 1 unspecified atom stereocenters. The Kier molecular flexibility index (Phi) is 3.66. The van der Waals surface area contributed by atoms with Crippen molar-refractivity contribution in [2.75, 3.05) is 12.8 Å². The predicted octanol–water partition coefficient (Wildman–Crippen LogP) is 2.49. The third kappa shape index (κ3) is 2.90. The molecule has 17 heavy (non-hydrogen) atoms. The van der Waals surface area contributed by atoms with Gasteiger partial charge >= 0.3 is 5.97 Å². The topological polar surface area (TPSA) is 72.5 Å². The lowest BCUT2D eigenvalue weighted by Gasteiger charge is -2.27. The molecule has 0 radical (unpaired) electrons. The van der Waals surface area contributed by atoms with E-state index in [1.54, 1.807) is 18.2 Å². The maximum Gasteiger partial charge on any atom is 0.311 e. The third-order valence-electron chi connectivity index (χ3n) is 2.70. The molecule has 0 aromatic heterocycles. The summed E-state index contributed by atoms with van der Waals surface area (Å²) in [7, 11) is 1.52. The number of nitrogens with two attached hydrogens (primary N) is 1. The molecule has 0 aliphatic rings. The summed E-state index contributed by atoms with van der Waals surface area (Å²) in [5, 5.41) is 9.32. The maximum atomic E-state index is 11.4. The van der Waals surface area contributed by atoms with E-state index in [4.69, 9.17) is 10.5 Å². The quantitative estimate of drug-likeness (QED) is 0.792. The Bertz CT molecular complexity index is 421. The first kappa shape index (κ1) is 13.4. The summed E-state index contributed by atoms with van der Waals surface area (Å²) < 4.78 is 5.11. The van der Waals surface area contributed by atoms with Gasteiger partial charge in [0, 0.05) is 0 Å². The van der Waals surface area contributed by atoms with Gasteiger partial charge < -0.3 is 15.6 Å². The largest absolute Gasteiger partial charge is 0.495 e. The summed E-state index contributed by atoms with van der Waals surface area (Å²) in [6.45, 7) is 5.69. The van der Waals surface area contributed by atoms with E-state index in [0.29, 0.717) is 17.0 Å². The van der Waals surface area contributed by atoms with Crippen molar-refractivity contribution in [3.05, 3.63) is 23.8 Å². The molecule has 1 aromatic carbocycles. The lowest BCUT2D eigenvalue weighted by molar-refractivity contribution is -0.141. The van der Waals surface area contributed by atoms with Crippen molar-refractivity contribution < 1.29 is 14.6 Å². The van der Waals surface area contributed by atoms with Gasteiger partial charge in [0.2, 0.25) is 0 Å². The molecule has 3 N–H and O–H groups in total. The highest BCUT2D eigenvalue weighted by Gasteiger charge is 2.33. The smallest absolute Gasteiger partial charge is 0.311 e. The molecule has 0 heterocycles. The fraction of sp³-hybridized carbons (Fsp3) is 0.462. The highest BCUT2D eigenvalue weighted by atomic mass is 16.5. The van der Waals surface area contributed by atoms with E-state index in [1.807, 2.05) is 20.8 Å². The summed E-state index contributed by atoms with van der Waals surface area (Å²) in [6, 6.07) is 5.11. The Balaban J connectivity index is 3.25. The average Bonchev–Trinajstić information content (AvgIpc) is 2.18. The molecule has 0 amide bonds. The molecule has 1 rings (SSSR count). The van der Waals surface area contributed by atoms with Crippen LogP contribution in [0.25, 0.3) is 0 Å². The van der Waals surface area contributed by atoms with Gasteiger partial charge in [-0.3, -0.25) is 4.79 Å². The molecule has 0 saturated heterocycles. The van der Waals surface area contributed by atoms with E-state index in [2.05, 4.69) is 0 Å². The predicted molar refractivity (Wildman–Crippen MR) is 67.2 cm³/mol. The van der Waals surface area contributed by atoms with Crippen molar-refractivity contribution in [1.29, 1.82) is 0 Å². The number of nitrogen functional groups attached to an aromatic ring is 1. The van der Waals surface area contributed by atoms with Crippen LogP contribution in [0.5, 0.6) is 5.75 Å². The van der Waals surface area contributed by atoms with Crippen LogP contribution >= 0.6 is 0 Å². The second kappa shape index (κ2) is 4.65. The van der Waals surface area contributed by atoms with Crippen molar-refractivity contribution in [2.24, 2.45) is 5.41 Å². The van der Waals surface area contributed by atoms with Crippen LogP contribution in [0.3, 0.4) is 0 Å². The van der Waals surface area contributed by atoms with E-state index >= 15 is 0 Å². The van der Waals surface area contributed by atoms with Crippen molar-refractivity contribution in [3.8, 4) is 5.75 Å². The van der Waals surface area contributed by atoms with E-state index in [0.717, 1.165) is 0 Å². The number of hydrogen-bond acceptors (Lipinski definition) is 3. The zero-order chi connectivity index (χ0) is 13.2. The minimum Gasteiger partial charge on any atom is -0.495 e. The highest BCUT2D eigenvalue weighted by Crippen LogP contribution is 2.37. The Morgan fingerprint density at radius 3 is 2.41 bits per heavy atom. The highest BCUT2D eigenvalue weighted by molar-refractivity contribution is 5.77. The van der Waals surface area contributed by atoms with E-state index in [9.17, 15) is 9.90 Å². The zero-order valence-electron chi connectivity index (χ0n) is 10.7. The van der Waals surface area contributed by atoms with Crippen molar-refractivity contribution in [2.45, 2.75) is 26.7 Å². The first-order valence-electron chi connectivity index (χ1n) is 5.43. The second-order valence-electron chi connectivity index (χ2n) is 5.14. The Labute approximate surface area is 101 Å². The van der Waals surface area contributed by atoms with Crippen LogP contribution < -0.4 is 10.5 Å². The lowest BCUT2D eigenvalue weighted by Crippen LogP contribution is -2.26. The van der Waals surface area contributed by atoms with Gasteiger partial charge in [-0.1, -0.05) is 26.8 Å². The summed E-state index contributed by atoms with van der Waals surface area (Å²) in [5.41, 5.74) is 6.56. The lowest BCUT2D eigenvalue weighted by atomic mass is 9.76. The molecule has 0 spiro atoms. The molecule has 1 atom stereocenters. The Hall–Kier alpha value is -1.71. The van der Waals surface area contributed by atoms with Gasteiger partial charge in [0.1, 0.15) is 5.75 Å². The molecular formula is C13H19NO3. The van der Waals surface area contributed by atoms with Crippen molar-refractivity contribution in [3.63, 3.8) is 0 Å². The number of carboxylic acids is 1. The first-order chi connectivity index (χ1) is 7.77. The summed E-state index contributed by atoms with van der Waals surface area (Å²) in [4.78, 5) is 11.4. The van der Waals surface area contributed by atoms with E-state index in [-0.39, 0.29) is 5.41 Å². The zero-order valence-corrected chi connectivity index (χ0v) is 10.7. The van der Waals surface area contributed by atoms with Crippen LogP contribution in [0.15, 0.2) is 18.2 Å². The molecule has 0 fully saturated rings. The second-order valence-corrected chi connectivity index (χ2v) is 5.14. The Morgan fingerprint density at radius 1 is 1.41 bits per heavy atom. The van der Waals surface area contributed by atoms with E-state index < -0.39 is 11.9 Å². The first-order valence-corrected chi connectivity index (χ1v) is 5.43. The number of aliphatic carboxylic acids is 1. The van der Waals surface area contributed by atoms with Crippen LogP contribution in [0.4, 0.5) is 5.69 Å². The van der Waals surface area contributed by atoms with Gasteiger partial charge in [0.05, 0.1) is 18.7 Å². The molecule has 0 bridgehead atoms. The number of carboxylic acid groups (broad SMARTS) is 1. The van der Waals surface area contributed by atoms with Crippen LogP contribution in [-0.4, -0.2) is 18.2 Å². The minimum absolute atomic E-state index is 0.368. The van der Waals surface area contributed by atoms with Gasteiger partial charge in [-0.05, 0) is 23.1 Å². The van der Waals surface area contributed by atoms with Crippen molar-refractivity contribution in [1.82, 2.24) is 0 Å². The summed E-state index contributed by atoms with van der Waals surface area (Å²) in [5.74, 6) is -0.917. The number of benzene rings is 1. The van der Waals surface area contributed by atoms with Crippen molar-refractivity contribution >= 4 is 11.7 Å². The maximum absolute atomic E-state index is 11.4. The SMILES string of the molecule is COc1cc(C(C(=O)O)C(C)(C)C)ccc1N.